The lowest BCUT2D eigenvalue weighted by Gasteiger charge is -2.06. The number of aromatic nitrogens is 1. The lowest BCUT2D eigenvalue weighted by Crippen LogP contribution is -2.15. The van der Waals surface area contributed by atoms with E-state index in [9.17, 15) is 4.21 Å². The number of hydrogen-bond acceptors (Lipinski definition) is 3. The van der Waals surface area contributed by atoms with Crippen molar-refractivity contribution < 1.29 is 4.21 Å². The lowest BCUT2D eigenvalue weighted by atomic mass is 10.2. The van der Waals surface area contributed by atoms with Gasteiger partial charge in [0.25, 0.3) is 0 Å². The quantitative estimate of drug-likeness (QED) is 0.802. The standard InChI is InChI=1S/C10H14N2OS/c13-14(8-9-4-6-11-7-9)10-3-1-2-5-12-10/h1-3,5,9,11H,4,6-8H2/t9-,14-/m1/s1. The van der Waals surface area contributed by atoms with Crippen LogP contribution in [0.4, 0.5) is 0 Å². The summed E-state index contributed by atoms with van der Waals surface area (Å²) in [5, 5.41) is 3.98. The summed E-state index contributed by atoms with van der Waals surface area (Å²) in [4.78, 5) is 4.10. The van der Waals surface area contributed by atoms with E-state index in [0.29, 0.717) is 10.9 Å². The summed E-state index contributed by atoms with van der Waals surface area (Å²) in [5.74, 6) is 1.29. The van der Waals surface area contributed by atoms with Crippen LogP contribution in [0.2, 0.25) is 0 Å². The highest BCUT2D eigenvalue weighted by molar-refractivity contribution is 7.84. The predicted octanol–water partition coefficient (Wildman–Crippen LogP) is 0.799. The predicted molar refractivity (Wildman–Crippen MR) is 56.5 cm³/mol. The number of nitrogens with zero attached hydrogens (tertiary/aromatic N) is 1. The van der Waals surface area contributed by atoms with E-state index in [0.717, 1.165) is 25.3 Å². The van der Waals surface area contributed by atoms with Crippen molar-refractivity contribution in [2.75, 3.05) is 18.8 Å². The Kier molecular flexibility index (Phi) is 3.26. The summed E-state index contributed by atoms with van der Waals surface area (Å²) < 4.78 is 11.8. The molecule has 4 heteroatoms. The Labute approximate surface area is 86.4 Å². The van der Waals surface area contributed by atoms with Gasteiger partial charge < -0.3 is 5.32 Å². The minimum atomic E-state index is -0.924. The molecular weight excluding hydrogens is 196 g/mol. The van der Waals surface area contributed by atoms with E-state index < -0.39 is 10.8 Å². The molecule has 1 saturated heterocycles. The summed E-state index contributed by atoms with van der Waals surface area (Å²) in [6.07, 6.45) is 2.83. The van der Waals surface area contributed by atoms with Gasteiger partial charge in [0.2, 0.25) is 0 Å². The number of rotatable bonds is 3. The maximum Gasteiger partial charge on any atom is 0.127 e. The molecule has 2 heterocycles. The molecule has 2 rings (SSSR count). The van der Waals surface area contributed by atoms with Gasteiger partial charge >= 0.3 is 0 Å². The molecular formula is C10H14N2OS. The zero-order valence-corrected chi connectivity index (χ0v) is 8.80. The normalized spacial score (nSPS) is 23.6. The van der Waals surface area contributed by atoms with Crippen LogP contribution in [0.1, 0.15) is 6.42 Å². The first-order chi connectivity index (χ1) is 6.86. The van der Waals surface area contributed by atoms with Gasteiger partial charge in [-0.1, -0.05) is 6.07 Å². The van der Waals surface area contributed by atoms with E-state index in [1.165, 1.54) is 0 Å². The summed E-state index contributed by atoms with van der Waals surface area (Å²) in [5.41, 5.74) is 0. The Morgan fingerprint density at radius 1 is 1.57 bits per heavy atom. The van der Waals surface area contributed by atoms with Crippen LogP contribution in [0.25, 0.3) is 0 Å². The van der Waals surface area contributed by atoms with Gasteiger partial charge in [-0.2, -0.15) is 0 Å². The van der Waals surface area contributed by atoms with Crippen molar-refractivity contribution in [2.24, 2.45) is 5.92 Å². The summed E-state index contributed by atoms with van der Waals surface area (Å²) in [6, 6.07) is 5.56. The summed E-state index contributed by atoms with van der Waals surface area (Å²) >= 11 is 0. The lowest BCUT2D eigenvalue weighted by molar-refractivity contribution is 0.631. The van der Waals surface area contributed by atoms with Crippen LogP contribution in [0, 0.1) is 5.92 Å². The average molecular weight is 210 g/mol. The molecule has 1 aromatic rings. The van der Waals surface area contributed by atoms with E-state index in [1.54, 1.807) is 6.20 Å². The zero-order chi connectivity index (χ0) is 9.80. The minimum Gasteiger partial charge on any atom is -0.316 e. The molecule has 0 unspecified atom stereocenters. The van der Waals surface area contributed by atoms with Gasteiger partial charge in [0, 0.05) is 11.9 Å². The van der Waals surface area contributed by atoms with E-state index in [1.807, 2.05) is 18.2 Å². The van der Waals surface area contributed by atoms with Crippen molar-refractivity contribution in [3.63, 3.8) is 0 Å². The molecule has 2 atom stereocenters. The van der Waals surface area contributed by atoms with Crippen LogP contribution in [-0.2, 0) is 10.8 Å². The monoisotopic (exact) mass is 210 g/mol. The van der Waals surface area contributed by atoms with Gasteiger partial charge in [0.05, 0.1) is 10.8 Å². The molecule has 0 aliphatic carbocycles. The van der Waals surface area contributed by atoms with Crippen molar-refractivity contribution in [1.29, 1.82) is 0 Å². The molecule has 1 aliphatic rings. The molecule has 14 heavy (non-hydrogen) atoms. The second-order valence-corrected chi connectivity index (χ2v) is 4.98. The van der Waals surface area contributed by atoms with Gasteiger partial charge in [0.1, 0.15) is 5.03 Å². The van der Waals surface area contributed by atoms with Crippen LogP contribution in [0.15, 0.2) is 29.4 Å². The summed E-state index contributed by atoms with van der Waals surface area (Å²) in [7, 11) is -0.924. The summed E-state index contributed by atoms with van der Waals surface area (Å²) in [6.45, 7) is 2.06. The number of hydrogen-bond donors (Lipinski definition) is 1. The van der Waals surface area contributed by atoms with E-state index in [4.69, 9.17) is 0 Å². The fourth-order valence-electron chi connectivity index (χ4n) is 1.64. The fourth-order valence-corrected chi connectivity index (χ4v) is 2.93. The molecule has 1 N–H and O–H groups in total. The third kappa shape index (κ3) is 2.39. The Bertz CT molecular complexity index is 309. The SMILES string of the molecule is O=[S@](C[C@@H]1CCNC1)c1ccccn1. The largest absolute Gasteiger partial charge is 0.316 e. The Morgan fingerprint density at radius 3 is 3.14 bits per heavy atom. The molecule has 0 aromatic carbocycles. The van der Waals surface area contributed by atoms with Gasteiger partial charge in [-0.05, 0) is 37.6 Å². The molecule has 0 radical (unpaired) electrons. The molecule has 0 bridgehead atoms. The second-order valence-electron chi connectivity index (χ2n) is 3.54. The van der Waals surface area contributed by atoms with Crippen LogP contribution in [0.3, 0.4) is 0 Å². The third-order valence-electron chi connectivity index (χ3n) is 2.42. The second kappa shape index (κ2) is 4.66. The first-order valence-electron chi connectivity index (χ1n) is 4.86. The van der Waals surface area contributed by atoms with Crippen molar-refractivity contribution in [2.45, 2.75) is 11.4 Å². The van der Waals surface area contributed by atoms with Crippen LogP contribution < -0.4 is 5.32 Å². The Hall–Kier alpha value is -0.740. The van der Waals surface area contributed by atoms with Crippen LogP contribution in [0.5, 0.6) is 0 Å². The van der Waals surface area contributed by atoms with Crippen molar-refractivity contribution >= 4 is 10.8 Å². The van der Waals surface area contributed by atoms with Crippen molar-refractivity contribution in [3.05, 3.63) is 24.4 Å². The van der Waals surface area contributed by atoms with Crippen LogP contribution in [-0.4, -0.2) is 28.0 Å². The van der Waals surface area contributed by atoms with Gasteiger partial charge in [-0.25, -0.2) is 4.98 Å². The fraction of sp³-hybridized carbons (Fsp3) is 0.500. The van der Waals surface area contributed by atoms with Crippen molar-refractivity contribution in [1.82, 2.24) is 10.3 Å². The smallest absolute Gasteiger partial charge is 0.127 e. The average Bonchev–Trinajstić information content (AvgIpc) is 2.72. The van der Waals surface area contributed by atoms with E-state index in [2.05, 4.69) is 10.3 Å². The van der Waals surface area contributed by atoms with Gasteiger partial charge in [-0.3, -0.25) is 4.21 Å². The van der Waals surface area contributed by atoms with Crippen LogP contribution >= 0.6 is 0 Å². The molecule has 0 amide bonds. The highest BCUT2D eigenvalue weighted by Crippen LogP contribution is 2.12. The van der Waals surface area contributed by atoms with E-state index in [-0.39, 0.29) is 0 Å². The molecule has 1 fully saturated rings. The molecule has 1 aliphatic heterocycles. The van der Waals surface area contributed by atoms with Gasteiger partial charge in [-0.15, -0.1) is 0 Å². The number of pyridine rings is 1. The highest BCUT2D eigenvalue weighted by atomic mass is 32.2. The molecule has 0 spiro atoms. The Morgan fingerprint density at radius 2 is 2.50 bits per heavy atom. The Balaban J connectivity index is 1.95. The number of nitrogens with one attached hydrogen (secondary N) is 1. The molecule has 0 saturated carbocycles. The molecule has 1 aromatic heterocycles. The topological polar surface area (TPSA) is 42.0 Å². The molecule has 3 nitrogen and oxygen atoms in total. The zero-order valence-electron chi connectivity index (χ0n) is 7.98. The van der Waals surface area contributed by atoms with Crippen molar-refractivity contribution in [3.8, 4) is 0 Å². The third-order valence-corrected chi connectivity index (χ3v) is 3.90. The van der Waals surface area contributed by atoms with Gasteiger partial charge in [0.15, 0.2) is 0 Å². The van der Waals surface area contributed by atoms with E-state index >= 15 is 0 Å². The highest BCUT2D eigenvalue weighted by Gasteiger charge is 2.18. The maximum absolute atomic E-state index is 11.8. The first kappa shape index (κ1) is 9.80. The molecule has 76 valence electrons. The maximum atomic E-state index is 11.8. The minimum absolute atomic E-state index is 0.554. The first-order valence-corrected chi connectivity index (χ1v) is 6.18.